The Morgan fingerprint density at radius 1 is 1.00 bits per heavy atom. The van der Waals surface area contributed by atoms with E-state index in [0.717, 1.165) is 46.9 Å². The van der Waals surface area contributed by atoms with Gasteiger partial charge in [0, 0.05) is 52.1 Å². The van der Waals surface area contributed by atoms with Crippen LogP contribution in [0.5, 0.6) is 0 Å². The van der Waals surface area contributed by atoms with E-state index < -0.39 is 0 Å². The smallest absolute Gasteiger partial charge is 1.00 e. The molecule has 0 atom stereocenters. The molecule has 157 valence electrons. The summed E-state index contributed by atoms with van der Waals surface area (Å²) < 4.78 is 8.50. The van der Waals surface area contributed by atoms with Crippen LogP contribution in [0.1, 0.15) is 30.2 Å². The summed E-state index contributed by atoms with van der Waals surface area (Å²) in [5.74, 6) is 0. The maximum absolute atomic E-state index is 10.6. The summed E-state index contributed by atoms with van der Waals surface area (Å²) in [6, 6.07) is 11.4. The van der Waals surface area contributed by atoms with E-state index in [4.69, 9.17) is 9.84 Å². The molecule has 2 aromatic heterocycles. The van der Waals surface area contributed by atoms with Crippen LogP contribution in [-0.2, 0) is 25.4 Å². The van der Waals surface area contributed by atoms with E-state index in [9.17, 15) is 4.79 Å². The molecule has 1 aliphatic heterocycles. The Labute approximate surface area is 207 Å². The zero-order valence-corrected chi connectivity index (χ0v) is 20.4. The summed E-state index contributed by atoms with van der Waals surface area (Å²) >= 11 is 0. The Balaban J connectivity index is 0.000000460. The Bertz CT molecular complexity index is 1090. The van der Waals surface area contributed by atoms with Gasteiger partial charge in [-0.25, -0.2) is 0 Å². The van der Waals surface area contributed by atoms with Crippen molar-refractivity contribution in [2.24, 2.45) is 14.1 Å². The van der Waals surface area contributed by atoms with Crippen LogP contribution in [0.2, 0.25) is 0 Å². The maximum Gasteiger partial charge on any atom is 1.00 e. The Hall–Kier alpha value is -1.97. The van der Waals surface area contributed by atoms with Crippen molar-refractivity contribution in [1.82, 2.24) is 19.6 Å². The van der Waals surface area contributed by atoms with E-state index >= 15 is 0 Å². The van der Waals surface area contributed by atoms with E-state index in [1.807, 2.05) is 44.4 Å². The van der Waals surface area contributed by atoms with Crippen molar-refractivity contribution in [2.75, 3.05) is 13.2 Å². The third-order valence-corrected chi connectivity index (χ3v) is 4.83. The molecule has 31 heavy (non-hydrogen) atoms. The number of aliphatic hydroxyl groups is 1. The number of aliphatic hydroxyl groups excluding tert-OH is 1. The van der Waals surface area contributed by atoms with Crippen LogP contribution in [0.15, 0.2) is 48.8 Å². The number of aromatic nitrogens is 4. The number of rotatable bonds is 2. The second kappa shape index (κ2) is 13.4. The van der Waals surface area contributed by atoms with Gasteiger partial charge in [-0.2, -0.15) is 10.2 Å². The van der Waals surface area contributed by atoms with Crippen molar-refractivity contribution in [1.29, 1.82) is 0 Å². The second-order valence-corrected chi connectivity index (χ2v) is 6.76. The third kappa shape index (κ3) is 6.76. The molecule has 1 fully saturated rings. The molecule has 5 rings (SSSR count). The van der Waals surface area contributed by atoms with Gasteiger partial charge in [0.1, 0.15) is 0 Å². The summed E-state index contributed by atoms with van der Waals surface area (Å²) in [5, 5.41) is 19.1. The van der Waals surface area contributed by atoms with Gasteiger partial charge >= 0.3 is 29.6 Å². The van der Waals surface area contributed by atoms with Crippen molar-refractivity contribution in [3.05, 3.63) is 59.9 Å². The van der Waals surface area contributed by atoms with Crippen molar-refractivity contribution in [3.8, 4) is 0 Å². The second-order valence-electron chi connectivity index (χ2n) is 6.76. The average molecular weight is 429 g/mol. The molecule has 9 heteroatoms. The van der Waals surface area contributed by atoms with Crippen LogP contribution < -0.4 is 29.6 Å². The maximum atomic E-state index is 10.6. The number of fused-ring (bicyclic) bond motifs is 2. The van der Waals surface area contributed by atoms with Gasteiger partial charge in [0.15, 0.2) is 6.29 Å². The number of nitrogens with zero attached hydrogens (tertiary/aromatic N) is 4. The summed E-state index contributed by atoms with van der Waals surface area (Å²) in [4.78, 5) is 10.6. The van der Waals surface area contributed by atoms with E-state index in [-0.39, 0.29) is 46.0 Å². The van der Waals surface area contributed by atoms with E-state index in [1.165, 1.54) is 12.8 Å². The summed E-state index contributed by atoms with van der Waals surface area (Å²) in [6.07, 6.45) is 6.89. The molecule has 0 aliphatic carbocycles. The zero-order chi connectivity index (χ0) is 20.6. The van der Waals surface area contributed by atoms with Crippen LogP contribution in [0.3, 0.4) is 0 Å². The number of ether oxygens (including phenoxy) is 1. The Morgan fingerprint density at radius 2 is 1.55 bits per heavy atom. The first-order valence-corrected chi connectivity index (χ1v) is 9.59. The Kier molecular flexibility index (Phi) is 11.7. The fourth-order valence-electron chi connectivity index (χ4n) is 3.19. The first-order valence-electron chi connectivity index (χ1n) is 9.59. The van der Waals surface area contributed by atoms with Gasteiger partial charge < -0.3 is 11.3 Å². The molecule has 0 unspecified atom stereocenters. The molecule has 0 saturated carbocycles. The minimum absolute atomic E-state index is 0. The monoisotopic (exact) mass is 429 g/mol. The molecule has 3 radical (unpaired) electrons. The largest absolute Gasteiger partial charge is 1.00 e. The normalized spacial score (nSPS) is 12.1. The number of hydrogen-bond donors (Lipinski definition) is 1. The van der Waals surface area contributed by atoms with Gasteiger partial charge in [-0.05, 0) is 30.5 Å². The molecule has 7 nitrogen and oxygen atoms in total. The van der Waals surface area contributed by atoms with Gasteiger partial charge in [-0.3, -0.25) is 14.2 Å². The molecule has 2 aromatic carbocycles. The van der Waals surface area contributed by atoms with Crippen molar-refractivity contribution in [3.63, 3.8) is 0 Å². The van der Waals surface area contributed by atoms with Gasteiger partial charge in [-0.15, -0.1) is 0 Å². The molecule has 1 saturated heterocycles. The topological polar surface area (TPSA) is 82.2 Å². The minimum Gasteiger partial charge on any atom is -1.00 e. The first kappa shape index (κ1) is 27.1. The molecule has 1 aliphatic rings. The van der Waals surface area contributed by atoms with Gasteiger partial charge in [0.2, 0.25) is 0 Å². The number of carbonyl (C=O) groups excluding carboxylic acids is 1. The molecule has 4 aromatic rings. The SMILES string of the molecule is C1CCOC1.Cn1ncc2c(C=O)cccc21.Cn1ncc2c(CO)cccc21.[B].[H-].[Na+]. The number of aldehydes is 1. The summed E-state index contributed by atoms with van der Waals surface area (Å²) in [7, 11) is 3.75. The van der Waals surface area contributed by atoms with Crippen LogP contribution in [0, 0.1) is 0 Å². The van der Waals surface area contributed by atoms with Crippen LogP contribution in [0.25, 0.3) is 21.8 Å². The fraction of sp³-hybridized carbons (Fsp3) is 0.318. The standard InChI is InChI=1S/C9H10N2O.C9H8N2O.C4H8O.B.Na.H/c2*1-11-9-4-2-3-7(6-12)8(9)5-10-11;1-2-4-5-3-1;;;/h2-5,12H,6H2,1H3;2-6H,1H3;1-4H2;;;/q;;;;+1;-1. The molecular formula is C22H27BN4NaO3. The third-order valence-electron chi connectivity index (χ3n) is 4.83. The first-order chi connectivity index (χ1) is 14.2. The predicted molar refractivity (Wildman–Crippen MR) is 120 cm³/mol. The van der Waals surface area contributed by atoms with E-state index in [0.29, 0.717) is 5.56 Å². The van der Waals surface area contributed by atoms with Crippen LogP contribution in [0.4, 0.5) is 0 Å². The molecular weight excluding hydrogens is 402 g/mol. The number of aryl methyl sites for hydroxylation is 2. The number of benzene rings is 2. The van der Waals surface area contributed by atoms with Gasteiger partial charge in [-0.1, -0.05) is 24.3 Å². The van der Waals surface area contributed by atoms with Gasteiger partial charge in [0.05, 0.1) is 30.0 Å². The molecule has 0 bridgehead atoms. The van der Waals surface area contributed by atoms with E-state index in [2.05, 4.69) is 10.2 Å². The number of carbonyl (C=O) groups is 1. The molecule has 0 spiro atoms. The van der Waals surface area contributed by atoms with Gasteiger partial charge in [0.25, 0.3) is 0 Å². The summed E-state index contributed by atoms with van der Waals surface area (Å²) in [6.45, 7) is 2.07. The predicted octanol–water partition coefficient (Wildman–Crippen LogP) is -0.0161. The van der Waals surface area contributed by atoms with E-state index in [1.54, 1.807) is 27.8 Å². The van der Waals surface area contributed by atoms with Crippen LogP contribution in [-0.4, -0.2) is 52.6 Å². The molecule has 3 heterocycles. The minimum atomic E-state index is 0. The molecule has 0 amide bonds. The number of hydrogen-bond acceptors (Lipinski definition) is 5. The molecule has 1 N–H and O–H groups in total. The Morgan fingerprint density at radius 3 is 2.06 bits per heavy atom. The quantitative estimate of drug-likeness (QED) is 0.358. The van der Waals surface area contributed by atoms with Crippen molar-refractivity contribution >= 4 is 36.5 Å². The zero-order valence-electron chi connectivity index (χ0n) is 19.4. The fourth-order valence-corrected chi connectivity index (χ4v) is 3.19. The average Bonchev–Trinajstić information content (AvgIpc) is 3.52. The van der Waals surface area contributed by atoms with Crippen molar-refractivity contribution in [2.45, 2.75) is 19.4 Å². The van der Waals surface area contributed by atoms with Crippen LogP contribution >= 0.6 is 0 Å². The van der Waals surface area contributed by atoms with Crippen molar-refractivity contribution < 1.29 is 45.6 Å². The summed E-state index contributed by atoms with van der Waals surface area (Å²) in [5.41, 5.74) is 3.67.